The summed E-state index contributed by atoms with van der Waals surface area (Å²) in [5.41, 5.74) is 0.315. The van der Waals surface area contributed by atoms with Gasteiger partial charge in [0.25, 0.3) is 0 Å². The van der Waals surface area contributed by atoms with E-state index >= 15 is 0 Å². The van der Waals surface area contributed by atoms with Crippen LogP contribution in [0.4, 0.5) is 0 Å². The minimum Gasteiger partial charge on any atom is -0.392 e. The van der Waals surface area contributed by atoms with Crippen molar-refractivity contribution < 1.29 is 13.5 Å². The number of hydrogen-bond donors (Lipinski definition) is 1. The molecule has 0 radical (unpaired) electrons. The van der Waals surface area contributed by atoms with Crippen molar-refractivity contribution in [1.82, 2.24) is 4.31 Å². The molecule has 1 saturated heterocycles. The summed E-state index contributed by atoms with van der Waals surface area (Å²) >= 11 is 13.8. The Morgan fingerprint density at radius 1 is 1.38 bits per heavy atom. The monoisotopic (exact) mass is 369 g/mol. The molecule has 0 amide bonds. The summed E-state index contributed by atoms with van der Waals surface area (Å²) in [6.45, 7) is 3.98. The topological polar surface area (TPSA) is 57.6 Å². The highest BCUT2D eigenvalue weighted by atomic mass is 35.5. The van der Waals surface area contributed by atoms with Crippen LogP contribution in [0.1, 0.15) is 19.4 Å². The van der Waals surface area contributed by atoms with Crippen LogP contribution in [-0.4, -0.2) is 41.4 Å². The predicted octanol–water partition coefficient (Wildman–Crippen LogP) is 3.00. The minimum absolute atomic E-state index is 0.0355. The number of aliphatic hydroxyl groups excluding tert-OH is 1. The van der Waals surface area contributed by atoms with Crippen molar-refractivity contribution in [2.45, 2.75) is 36.6 Å². The summed E-state index contributed by atoms with van der Waals surface area (Å²) < 4.78 is 27.2. The number of sulfonamides is 1. The molecule has 1 aromatic carbocycles. The summed E-state index contributed by atoms with van der Waals surface area (Å²) in [5, 5.41) is 9.78. The molecule has 0 spiro atoms. The molecule has 4 nitrogen and oxygen atoms in total. The zero-order chi connectivity index (χ0) is 15.8. The van der Waals surface area contributed by atoms with Crippen molar-refractivity contribution in [3.8, 4) is 0 Å². The number of halogens is 2. The summed E-state index contributed by atoms with van der Waals surface area (Å²) in [4.78, 5) is -0.0355. The van der Waals surface area contributed by atoms with Gasteiger partial charge in [-0.15, -0.1) is 0 Å². The lowest BCUT2D eigenvalue weighted by molar-refractivity contribution is 0.281. The van der Waals surface area contributed by atoms with Gasteiger partial charge in [0, 0.05) is 28.6 Å². The molecule has 0 saturated carbocycles. The van der Waals surface area contributed by atoms with Gasteiger partial charge >= 0.3 is 0 Å². The molecule has 2 unspecified atom stereocenters. The fraction of sp³-hybridized carbons (Fsp3) is 0.538. The second kappa shape index (κ2) is 6.64. The highest BCUT2D eigenvalue weighted by molar-refractivity contribution is 8.00. The molecule has 118 valence electrons. The summed E-state index contributed by atoms with van der Waals surface area (Å²) in [7, 11) is -3.74. The molecule has 2 atom stereocenters. The SMILES string of the molecule is CC1SCCN(S(=O)(=O)c2cc(Cl)cc(CO)c2Cl)C1C. The molecule has 1 aliphatic rings. The Bertz CT molecular complexity index is 637. The van der Waals surface area contributed by atoms with Gasteiger partial charge in [-0.3, -0.25) is 0 Å². The standard InChI is InChI=1S/C13H17Cl2NO3S2/c1-8-9(2)20-4-3-16(8)21(18,19)12-6-11(14)5-10(7-17)13(12)15/h5-6,8-9,17H,3-4,7H2,1-2H3. The molecule has 1 N–H and O–H groups in total. The minimum atomic E-state index is -3.74. The second-order valence-electron chi connectivity index (χ2n) is 4.97. The van der Waals surface area contributed by atoms with Gasteiger partial charge in [0.15, 0.2) is 0 Å². The molecule has 21 heavy (non-hydrogen) atoms. The molecule has 0 bridgehead atoms. The zero-order valence-corrected chi connectivity index (χ0v) is 14.9. The van der Waals surface area contributed by atoms with Crippen LogP contribution in [0.2, 0.25) is 10.0 Å². The molecule has 8 heteroatoms. The van der Waals surface area contributed by atoms with Crippen LogP contribution >= 0.6 is 35.0 Å². The van der Waals surface area contributed by atoms with Crippen molar-refractivity contribution in [2.24, 2.45) is 0 Å². The van der Waals surface area contributed by atoms with Gasteiger partial charge in [-0.05, 0) is 24.6 Å². The van der Waals surface area contributed by atoms with E-state index in [4.69, 9.17) is 23.2 Å². The van der Waals surface area contributed by atoms with Gasteiger partial charge in [-0.1, -0.05) is 30.1 Å². The maximum Gasteiger partial charge on any atom is 0.244 e. The Labute approximate surface area is 139 Å². The lowest BCUT2D eigenvalue weighted by atomic mass is 10.2. The van der Waals surface area contributed by atoms with E-state index in [9.17, 15) is 13.5 Å². The van der Waals surface area contributed by atoms with Crippen LogP contribution in [0.25, 0.3) is 0 Å². The highest BCUT2D eigenvalue weighted by Gasteiger charge is 2.36. The molecule has 1 heterocycles. The average molecular weight is 370 g/mol. The predicted molar refractivity (Wildman–Crippen MR) is 87.7 cm³/mol. The summed E-state index contributed by atoms with van der Waals surface area (Å²) in [6, 6.07) is 2.69. The van der Waals surface area contributed by atoms with Crippen LogP contribution in [0.5, 0.6) is 0 Å². The van der Waals surface area contributed by atoms with Crippen molar-refractivity contribution >= 4 is 45.0 Å². The molecule has 1 aliphatic heterocycles. The van der Waals surface area contributed by atoms with Crippen LogP contribution < -0.4 is 0 Å². The number of rotatable bonds is 3. The quantitative estimate of drug-likeness (QED) is 0.889. The van der Waals surface area contributed by atoms with Gasteiger partial charge in [-0.25, -0.2) is 8.42 Å². The van der Waals surface area contributed by atoms with Crippen LogP contribution in [-0.2, 0) is 16.6 Å². The first-order chi connectivity index (χ1) is 9.78. The van der Waals surface area contributed by atoms with Crippen LogP contribution in [0.3, 0.4) is 0 Å². The van der Waals surface area contributed by atoms with E-state index in [1.54, 1.807) is 11.8 Å². The summed E-state index contributed by atoms with van der Waals surface area (Å²) in [5.74, 6) is 0.746. The number of benzene rings is 1. The number of aliphatic hydroxyl groups is 1. The Hall–Kier alpha value is 0.0200. The van der Waals surface area contributed by atoms with E-state index in [1.165, 1.54) is 16.4 Å². The Morgan fingerprint density at radius 2 is 2.05 bits per heavy atom. The lowest BCUT2D eigenvalue weighted by Crippen LogP contribution is -2.47. The van der Waals surface area contributed by atoms with Gasteiger partial charge in [0.1, 0.15) is 4.90 Å². The molecule has 1 fully saturated rings. The Balaban J connectivity index is 2.51. The zero-order valence-electron chi connectivity index (χ0n) is 11.7. The molecule has 0 aromatic heterocycles. The number of nitrogens with zero attached hydrogens (tertiary/aromatic N) is 1. The van der Waals surface area contributed by atoms with Gasteiger partial charge < -0.3 is 5.11 Å². The van der Waals surface area contributed by atoms with Gasteiger partial charge in [0.2, 0.25) is 10.0 Å². The normalized spacial score (nSPS) is 24.2. The average Bonchev–Trinajstić information content (AvgIpc) is 2.43. The molecular weight excluding hydrogens is 353 g/mol. The largest absolute Gasteiger partial charge is 0.392 e. The van der Waals surface area contributed by atoms with Crippen molar-refractivity contribution in [1.29, 1.82) is 0 Å². The van der Waals surface area contributed by atoms with Crippen molar-refractivity contribution in [3.05, 3.63) is 27.7 Å². The first-order valence-electron chi connectivity index (χ1n) is 6.51. The molecular formula is C13H17Cl2NO3S2. The van der Waals surface area contributed by atoms with E-state index < -0.39 is 10.0 Å². The smallest absolute Gasteiger partial charge is 0.244 e. The van der Waals surface area contributed by atoms with Crippen LogP contribution in [0, 0.1) is 0 Å². The third kappa shape index (κ3) is 3.35. The molecule has 0 aliphatic carbocycles. The first-order valence-corrected chi connectivity index (χ1v) is 9.75. The fourth-order valence-electron chi connectivity index (χ4n) is 2.29. The van der Waals surface area contributed by atoms with Gasteiger partial charge in [0.05, 0.1) is 11.6 Å². The van der Waals surface area contributed by atoms with E-state index in [0.29, 0.717) is 12.1 Å². The second-order valence-corrected chi connectivity index (χ2v) is 9.13. The van der Waals surface area contributed by atoms with Crippen molar-refractivity contribution in [2.75, 3.05) is 12.3 Å². The molecule has 1 aromatic rings. The third-order valence-corrected chi connectivity index (χ3v) is 7.79. The Kier molecular flexibility index (Phi) is 5.50. The van der Waals surface area contributed by atoms with Crippen LogP contribution in [0.15, 0.2) is 17.0 Å². The third-order valence-electron chi connectivity index (χ3n) is 3.66. The lowest BCUT2D eigenvalue weighted by Gasteiger charge is -2.36. The summed E-state index contributed by atoms with van der Waals surface area (Å²) in [6.07, 6.45) is 0. The van der Waals surface area contributed by atoms with Crippen molar-refractivity contribution in [3.63, 3.8) is 0 Å². The maximum absolute atomic E-state index is 12.9. The van der Waals surface area contributed by atoms with E-state index in [0.717, 1.165) is 5.75 Å². The Morgan fingerprint density at radius 3 is 2.67 bits per heavy atom. The van der Waals surface area contributed by atoms with E-state index in [1.807, 2.05) is 13.8 Å². The highest BCUT2D eigenvalue weighted by Crippen LogP contribution is 2.35. The van der Waals surface area contributed by atoms with E-state index in [-0.39, 0.29) is 32.8 Å². The first kappa shape index (κ1) is 17.4. The van der Waals surface area contributed by atoms with Gasteiger partial charge in [-0.2, -0.15) is 16.1 Å². The molecule has 2 rings (SSSR count). The fourth-order valence-corrected chi connectivity index (χ4v) is 6.19. The number of thioether (sulfide) groups is 1. The maximum atomic E-state index is 12.9. The van der Waals surface area contributed by atoms with E-state index in [2.05, 4.69) is 0 Å². The number of hydrogen-bond acceptors (Lipinski definition) is 4.